The third-order valence-electron chi connectivity index (χ3n) is 29.8. The number of halogens is 10. The number of nitrogens with zero attached hydrogens (tertiary/aromatic N) is 4. The molecule has 1 saturated heterocycles. The summed E-state index contributed by atoms with van der Waals surface area (Å²) in [6, 6.07) is 66.5. The van der Waals surface area contributed by atoms with Crippen LogP contribution in [0.2, 0.25) is 0 Å². The molecule has 5 heterocycles. The number of ketones is 4. The van der Waals surface area contributed by atoms with Crippen molar-refractivity contribution in [3.05, 3.63) is 318 Å². The highest BCUT2D eigenvalue weighted by atomic mass is 79.9. The number of amides is 4. The highest BCUT2D eigenvalue weighted by Crippen LogP contribution is 2.55. The summed E-state index contributed by atoms with van der Waals surface area (Å²) in [6.07, 6.45) is 5.84. The van der Waals surface area contributed by atoms with Crippen LogP contribution in [0.5, 0.6) is 23.0 Å². The molecular formula is C116H116Br2F8N4O18S. The lowest BCUT2D eigenvalue weighted by molar-refractivity contribution is -0.123. The van der Waals surface area contributed by atoms with Crippen molar-refractivity contribution < 1.29 is 120 Å². The summed E-state index contributed by atoms with van der Waals surface area (Å²) >= 11 is 6.90. The van der Waals surface area contributed by atoms with Gasteiger partial charge in [0.1, 0.15) is 40.3 Å². The van der Waals surface area contributed by atoms with Gasteiger partial charge >= 0.3 is 38.4 Å². The molecule has 0 aromatic heterocycles. The average Bonchev–Trinajstić information content (AvgIpc) is 1.59. The fourth-order valence-corrected chi connectivity index (χ4v) is 23.2. The number of Topliss-reactive ketones (excluding diaryl/α,β-unsaturated/α-hetero) is 4. The Morgan fingerprint density at radius 3 is 1.06 bits per heavy atom. The number of aromatic carboxylic acids is 1. The summed E-state index contributed by atoms with van der Waals surface area (Å²) in [5.41, 5.74) is 10.9. The number of hydrogen-bond donors (Lipinski definition) is 1. The standard InChI is InChI=1S/C24H25F2NO5S.C21H21F2NO4.C19H17F2NO4.C18H16BrF2NO2.C12H13BrO.C12H14O.C10H10O/c1-4-24(3)18-10-15(20(28)12-23(2)13-33(30,31)14-23)8-9-19(18)27(21(24)29)16-6-5-7-17(11-16)32-22(25)26;1-4-21(3)16-11-13(18(25)27-5-2)9-10-17(16)24(19(21)26)14-7-6-8-15(12-14)28-20(22)23;1-3-19(2)14-9-11(16(23)24)7-8-15(14)22(17(19)25)12-5-4-6-13(10-12)26-18(20)21;1-3-18(2)14-9-11(19)7-8-15(14)22(16(18)23)12-5-4-6-13(10-12)24-17(20)21;1-3-12(2)10-7-9(13)5-4-8(10)6-11(12)14;1-3-12(2)10-7-5-4-6-9(10)8-11(12)13;1-7-9-5-3-2-4-8(9)6-10(7)11/h5-11,22H,4,12-14H2,1-3H3;6-12,20H,4-5H2,1-3H3;4-10,18H,3H2,1-2H3,(H,23,24);4-10,17H,3H2,1-2H3;4-5,7H,3,6H2,1-2H3;4-7H,3,8H2,1-2H3;2-5,7H,6H2,1H3. The quantitative estimate of drug-likeness (QED) is 0.0334. The summed E-state index contributed by atoms with van der Waals surface area (Å²) in [4.78, 5) is 130. The van der Waals surface area contributed by atoms with Gasteiger partial charge in [0.2, 0.25) is 23.6 Å². The molecule has 149 heavy (non-hydrogen) atoms. The van der Waals surface area contributed by atoms with E-state index in [9.17, 15) is 96.6 Å². The Balaban J connectivity index is 0.000000149. The predicted octanol–water partition coefficient (Wildman–Crippen LogP) is 26.8. The van der Waals surface area contributed by atoms with Crippen molar-refractivity contribution in [2.75, 3.05) is 37.7 Å². The molecule has 0 spiro atoms. The first-order valence-electron chi connectivity index (χ1n) is 48.9. The minimum Gasteiger partial charge on any atom is -0.478 e. The predicted molar refractivity (Wildman–Crippen MR) is 560 cm³/mol. The van der Waals surface area contributed by atoms with Crippen LogP contribution in [-0.4, -0.2) is 117 Å². The molecule has 8 aliphatic rings. The van der Waals surface area contributed by atoms with Gasteiger partial charge < -0.3 is 28.8 Å². The topological polar surface area (TPSA) is 284 Å². The summed E-state index contributed by atoms with van der Waals surface area (Å²) in [6.45, 7) is 17.0. The Labute approximate surface area is 877 Å². The number of sulfone groups is 1. The van der Waals surface area contributed by atoms with Crippen molar-refractivity contribution in [2.45, 2.75) is 233 Å². The lowest BCUT2D eigenvalue weighted by Crippen LogP contribution is -2.47. The van der Waals surface area contributed by atoms with Crippen LogP contribution in [0.4, 0.5) is 80.6 Å². The van der Waals surface area contributed by atoms with E-state index in [0.29, 0.717) is 130 Å². The van der Waals surface area contributed by atoms with Gasteiger partial charge in [-0.3, -0.25) is 58.0 Å². The zero-order valence-corrected chi connectivity index (χ0v) is 88.9. The molecule has 0 saturated carbocycles. The van der Waals surface area contributed by atoms with Gasteiger partial charge in [-0.1, -0.05) is 166 Å². The van der Waals surface area contributed by atoms with E-state index in [1.807, 2.05) is 116 Å². The molecule has 19 rings (SSSR count). The van der Waals surface area contributed by atoms with Crippen molar-refractivity contribution in [3.8, 4) is 23.0 Å². The molecule has 7 atom stereocenters. The van der Waals surface area contributed by atoms with E-state index in [4.69, 9.17) is 4.74 Å². The monoisotopic (exact) mass is 2190 g/mol. The molecule has 1 N–H and O–H groups in total. The van der Waals surface area contributed by atoms with E-state index in [-0.39, 0.29) is 99.3 Å². The van der Waals surface area contributed by atoms with Crippen LogP contribution in [0.3, 0.4) is 0 Å². The molecular weight excluding hydrogens is 2080 g/mol. The Hall–Kier alpha value is -13.5. The third-order valence-corrected chi connectivity index (χ3v) is 33.1. The number of carbonyl (C=O) groups excluding carboxylic acids is 9. The molecule has 0 radical (unpaired) electrons. The van der Waals surface area contributed by atoms with E-state index in [2.05, 4.69) is 95.8 Å². The number of hydrogen-bond acceptors (Lipinski definition) is 17. The van der Waals surface area contributed by atoms with Crippen molar-refractivity contribution in [3.63, 3.8) is 0 Å². The van der Waals surface area contributed by atoms with Gasteiger partial charge in [0.15, 0.2) is 15.6 Å². The third kappa shape index (κ3) is 23.1. The molecule has 22 nitrogen and oxygen atoms in total. The summed E-state index contributed by atoms with van der Waals surface area (Å²) in [5.74, 6) is -1.37. The Morgan fingerprint density at radius 2 is 0.691 bits per heavy atom. The summed E-state index contributed by atoms with van der Waals surface area (Å²) in [7, 11) is -3.07. The van der Waals surface area contributed by atoms with Gasteiger partial charge in [-0.25, -0.2) is 18.0 Å². The molecule has 1 fully saturated rings. The fourth-order valence-electron chi connectivity index (χ4n) is 20.3. The number of alkyl halides is 8. The van der Waals surface area contributed by atoms with E-state index < -0.39 is 75.3 Å². The molecule has 4 amide bonds. The van der Waals surface area contributed by atoms with Crippen LogP contribution >= 0.6 is 31.9 Å². The van der Waals surface area contributed by atoms with Gasteiger partial charge in [-0.2, -0.15) is 35.1 Å². The van der Waals surface area contributed by atoms with E-state index in [1.54, 1.807) is 111 Å². The minimum absolute atomic E-state index is 0.00729. The first-order chi connectivity index (χ1) is 70.4. The van der Waals surface area contributed by atoms with E-state index >= 15 is 0 Å². The molecule has 5 aliphatic heterocycles. The molecule has 3 aliphatic carbocycles. The van der Waals surface area contributed by atoms with Gasteiger partial charge in [0, 0.05) is 75.8 Å². The number of benzene rings is 11. The summed E-state index contributed by atoms with van der Waals surface area (Å²) < 4.78 is 148. The van der Waals surface area contributed by atoms with Crippen LogP contribution in [0.25, 0.3) is 0 Å². The lowest BCUT2D eigenvalue weighted by Gasteiger charge is -2.37. The molecule has 784 valence electrons. The Morgan fingerprint density at radius 1 is 0.369 bits per heavy atom. The first-order valence-corrected chi connectivity index (χ1v) is 52.3. The smallest absolute Gasteiger partial charge is 0.387 e. The van der Waals surface area contributed by atoms with Crippen LogP contribution in [-0.2, 0) is 99.9 Å². The van der Waals surface area contributed by atoms with E-state index in [1.165, 1.54) is 121 Å². The molecule has 11 aromatic rings. The van der Waals surface area contributed by atoms with Crippen LogP contribution in [0.1, 0.15) is 241 Å². The molecule has 7 unspecified atom stereocenters. The number of fused-ring (bicyclic) bond motifs is 7. The highest BCUT2D eigenvalue weighted by Gasteiger charge is 2.53. The van der Waals surface area contributed by atoms with Gasteiger partial charge in [0.05, 0.1) is 107 Å². The Bertz CT molecular complexity index is 7140. The second-order valence-corrected chi connectivity index (χ2v) is 43.1. The minimum atomic E-state index is -3.07. The van der Waals surface area contributed by atoms with Crippen LogP contribution in [0.15, 0.2) is 246 Å². The number of esters is 1. The number of carboxylic acids is 1. The van der Waals surface area contributed by atoms with Crippen LogP contribution in [0, 0.1) is 5.41 Å². The first kappa shape index (κ1) is 113. The average molecular weight is 2200 g/mol. The zero-order chi connectivity index (χ0) is 109. The lowest BCUT2D eigenvalue weighted by atomic mass is 9.79. The van der Waals surface area contributed by atoms with Crippen LogP contribution < -0.4 is 38.5 Å². The molecule has 0 bridgehead atoms. The maximum atomic E-state index is 13.5. The largest absolute Gasteiger partial charge is 0.478 e. The maximum absolute atomic E-state index is 13.5. The zero-order valence-electron chi connectivity index (χ0n) is 85.0. The second-order valence-electron chi connectivity index (χ2n) is 39.2. The van der Waals surface area contributed by atoms with Gasteiger partial charge in [-0.15, -0.1) is 0 Å². The van der Waals surface area contributed by atoms with Gasteiger partial charge in [-0.05, 0) is 276 Å². The SMILES string of the molecule is CC1C(=O)Cc2ccccc21.CCC1(C)C(=O)Cc2ccc(Br)cc21.CCC1(C)C(=O)Cc2ccccc21.CCC1(C)C(=O)N(c2cccc(OC(F)F)c2)c2ccc(Br)cc21.CCC1(C)C(=O)N(c2cccc(OC(F)F)c2)c2ccc(C(=O)CC3(C)CS(=O)(=O)C3)cc21.CCC1(C)C(=O)N(c2cccc(OC(F)F)c2)c2ccc(C(=O)O)cc21.CCOC(=O)c1ccc2c(c1)C(C)(CC)C(=O)N2c1cccc(OC(F)F)c1. The van der Waals surface area contributed by atoms with Gasteiger partial charge in [0.25, 0.3) is 0 Å². The number of carboxylic acid groups (broad SMARTS) is 1. The molecule has 33 heteroatoms. The summed E-state index contributed by atoms with van der Waals surface area (Å²) in [5, 5.41) is 9.24. The maximum Gasteiger partial charge on any atom is 0.387 e. The van der Waals surface area contributed by atoms with Crippen molar-refractivity contribution in [1.82, 2.24) is 0 Å². The van der Waals surface area contributed by atoms with Crippen molar-refractivity contribution in [2.24, 2.45) is 5.41 Å². The molecule has 11 aromatic carbocycles. The number of carbonyl (C=O) groups is 10. The number of anilines is 8. The van der Waals surface area contributed by atoms with Crippen molar-refractivity contribution >= 4 is 146 Å². The fraction of sp³-hybridized carbons (Fsp3) is 0.345. The normalized spacial score (nSPS) is 21.2. The Kier molecular flexibility index (Phi) is 34.4. The second kappa shape index (κ2) is 45.5. The van der Waals surface area contributed by atoms with E-state index in [0.717, 1.165) is 33.0 Å². The number of rotatable bonds is 24. The number of ether oxygens (including phenoxy) is 5. The van der Waals surface area contributed by atoms with Crippen molar-refractivity contribution in [1.29, 1.82) is 0 Å². The highest BCUT2D eigenvalue weighted by molar-refractivity contribution is 9.10.